The smallest absolute Gasteiger partial charge is 0.261 e. The molecule has 2 heterocycles. The average Bonchev–Trinajstić information content (AvgIpc) is 3.15. The number of rotatable bonds is 4. The number of amides is 1. The van der Waals surface area contributed by atoms with Gasteiger partial charge in [0.15, 0.2) is 0 Å². The van der Waals surface area contributed by atoms with Gasteiger partial charge in [-0.15, -0.1) is 0 Å². The van der Waals surface area contributed by atoms with Crippen LogP contribution in [-0.4, -0.2) is 20.7 Å². The van der Waals surface area contributed by atoms with E-state index < -0.39 is 11.5 Å². The molecule has 0 saturated carbocycles. The number of hydrogen-bond acceptors (Lipinski definition) is 3. The van der Waals surface area contributed by atoms with Crippen molar-refractivity contribution < 1.29 is 4.79 Å². The molecule has 0 fully saturated rings. The molecule has 0 unspecified atom stereocenters. The Labute approximate surface area is 149 Å². The third-order valence-electron chi connectivity index (χ3n) is 4.11. The minimum atomic E-state index is -0.413. The predicted octanol–water partition coefficient (Wildman–Crippen LogP) is 2.64. The fraction of sp³-hybridized carbons (Fsp3) is 0.0500. The van der Waals surface area contributed by atoms with Gasteiger partial charge in [0.25, 0.3) is 11.5 Å². The molecule has 2 aromatic carbocycles. The standard InChI is InChI=1S/C20H16N4O2/c25-19(17-10-15-6-4-5-9-18(15)23-20(17)26)21-11-14-12-22-24(13-14)16-7-2-1-3-8-16/h1-10,12-13H,11H2,(H,21,25)(H,23,26). The Kier molecular flexibility index (Phi) is 4.07. The SMILES string of the molecule is O=C(NCc1cnn(-c2ccccc2)c1)c1cc2ccccc2[nH]c1=O. The van der Waals surface area contributed by atoms with Gasteiger partial charge in [0.05, 0.1) is 11.9 Å². The highest BCUT2D eigenvalue weighted by molar-refractivity contribution is 5.97. The van der Waals surface area contributed by atoms with Crippen molar-refractivity contribution in [1.29, 1.82) is 0 Å². The maximum absolute atomic E-state index is 12.4. The number of pyridine rings is 1. The van der Waals surface area contributed by atoms with Gasteiger partial charge in [-0.05, 0) is 29.7 Å². The van der Waals surface area contributed by atoms with E-state index in [1.54, 1.807) is 23.0 Å². The van der Waals surface area contributed by atoms with E-state index in [0.717, 1.165) is 16.6 Å². The lowest BCUT2D eigenvalue weighted by atomic mass is 10.1. The summed E-state index contributed by atoms with van der Waals surface area (Å²) in [5.41, 5.74) is 2.19. The lowest BCUT2D eigenvalue weighted by molar-refractivity contribution is 0.0949. The van der Waals surface area contributed by atoms with Gasteiger partial charge >= 0.3 is 0 Å². The summed E-state index contributed by atoms with van der Waals surface area (Å²) in [6, 6.07) is 18.7. The number of para-hydroxylation sites is 2. The molecule has 4 aromatic rings. The van der Waals surface area contributed by atoms with Gasteiger partial charge < -0.3 is 10.3 Å². The van der Waals surface area contributed by atoms with Crippen LogP contribution in [0.2, 0.25) is 0 Å². The summed E-state index contributed by atoms with van der Waals surface area (Å²) < 4.78 is 1.74. The number of nitrogens with zero attached hydrogens (tertiary/aromatic N) is 2. The number of aromatic nitrogens is 3. The predicted molar refractivity (Wildman–Crippen MR) is 99.3 cm³/mol. The van der Waals surface area contributed by atoms with E-state index in [0.29, 0.717) is 5.52 Å². The van der Waals surface area contributed by atoms with Crippen LogP contribution < -0.4 is 10.9 Å². The molecule has 6 nitrogen and oxygen atoms in total. The third-order valence-corrected chi connectivity index (χ3v) is 4.11. The first-order chi connectivity index (χ1) is 12.7. The van der Waals surface area contributed by atoms with Gasteiger partial charge in [0, 0.05) is 23.8 Å². The average molecular weight is 344 g/mol. The molecule has 2 N–H and O–H groups in total. The number of aromatic amines is 1. The molecule has 6 heteroatoms. The minimum absolute atomic E-state index is 0.0964. The number of carbonyl (C=O) groups is 1. The first-order valence-corrected chi connectivity index (χ1v) is 8.20. The number of hydrogen-bond donors (Lipinski definition) is 2. The number of H-pyrrole nitrogens is 1. The van der Waals surface area contributed by atoms with Gasteiger partial charge in [-0.25, -0.2) is 4.68 Å². The van der Waals surface area contributed by atoms with Crippen molar-refractivity contribution in [2.75, 3.05) is 0 Å². The van der Waals surface area contributed by atoms with Crippen LogP contribution in [0, 0.1) is 0 Å². The van der Waals surface area contributed by atoms with E-state index >= 15 is 0 Å². The molecule has 0 aliphatic heterocycles. The fourth-order valence-corrected chi connectivity index (χ4v) is 2.77. The molecule has 0 radical (unpaired) electrons. The van der Waals surface area contributed by atoms with Crippen molar-refractivity contribution in [2.45, 2.75) is 6.54 Å². The topological polar surface area (TPSA) is 79.8 Å². The van der Waals surface area contributed by atoms with Crippen LogP contribution in [0.15, 0.2) is 77.9 Å². The zero-order valence-corrected chi connectivity index (χ0v) is 13.8. The first-order valence-electron chi connectivity index (χ1n) is 8.20. The van der Waals surface area contributed by atoms with Crippen molar-refractivity contribution in [1.82, 2.24) is 20.1 Å². The Balaban J connectivity index is 1.50. The second kappa shape index (κ2) is 6.68. The second-order valence-electron chi connectivity index (χ2n) is 5.91. The fourth-order valence-electron chi connectivity index (χ4n) is 2.77. The van der Waals surface area contributed by atoms with E-state index in [2.05, 4.69) is 15.4 Å². The molecular formula is C20H16N4O2. The van der Waals surface area contributed by atoms with Crippen molar-refractivity contribution in [3.05, 3.63) is 94.5 Å². The highest BCUT2D eigenvalue weighted by Crippen LogP contribution is 2.11. The maximum Gasteiger partial charge on any atom is 0.261 e. The molecule has 0 aliphatic rings. The summed E-state index contributed by atoms with van der Waals surface area (Å²) in [6.07, 6.45) is 3.54. The van der Waals surface area contributed by atoms with Crippen LogP contribution in [0.1, 0.15) is 15.9 Å². The van der Waals surface area contributed by atoms with Crippen LogP contribution in [-0.2, 0) is 6.54 Å². The van der Waals surface area contributed by atoms with Crippen molar-refractivity contribution >= 4 is 16.8 Å². The molecule has 4 rings (SSSR count). The zero-order valence-electron chi connectivity index (χ0n) is 13.8. The summed E-state index contributed by atoms with van der Waals surface area (Å²) in [5.74, 6) is -0.413. The number of fused-ring (bicyclic) bond motifs is 1. The van der Waals surface area contributed by atoms with E-state index in [1.807, 2.05) is 54.7 Å². The molecule has 0 saturated heterocycles. The summed E-state index contributed by atoms with van der Waals surface area (Å²) in [7, 11) is 0. The van der Waals surface area contributed by atoms with Crippen molar-refractivity contribution in [3.8, 4) is 5.69 Å². The normalized spacial score (nSPS) is 10.8. The number of carbonyl (C=O) groups excluding carboxylic acids is 1. The zero-order chi connectivity index (χ0) is 17.9. The summed E-state index contributed by atoms with van der Waals surface area (Å²) >= 11 is 0. The second-order valence-corrected chi connectivity index (χ2v) is 5.91. The van der Waals surface area contributed by atoms with E-state index in [9.17, 15) is 9.59 Å². The summed E-state index contributed by atoms with van der Waals surface area (Å²) in [4.78, 5) is 27.3. The molecule has 0 aliphatic carbocycles. The molecule has 0 atom stereocenters. The number of nitrogens with one attached hydrogen (secondary N) is 2. The molecule has 0 spiro atoms. The van der Waals surface area contributed by atoms with Gasteiger partial charge in [0.1, 0.15) is 5.56 Å². The minimum Gasteiger partial charge on any atom is -0.348 e. The van der Waals surface area contributed by atoms with Crippen LogP contribution in [0.5, 0.6) is 0 Å². The Morgan fingerprint density at radius 2 is 1.85 bits per heavy atom. The molecule has 2 aromatic heterocycles. The highest BCUT2D eigenvalue weighted by Gasteiger charge is 2.12. The Hall–Kier alpha value is -3.67. The van der Waals surface area contributed by atoms with Gasteiger partial charge in [0.2, 0.25) is 0 Å². The molecule has 128 valence electrons. The quantitative estimate of drug-likeness (QED) is 0.597. The maximum atomic E-state index is 12.4. The van der Waals surface area contributed by atoms with Gasteiger partial charge in [-0.3, -0.25) is 9.59 Å². The lowest BCUT2D eigenvalue weighted by Crippen LogP contribution is -2.29. The van der Waals surface area contributed by atoms with Crippen LogP contribution in [0.4, 0.5) is 0 Å². The van der Waals surface area contributed by atoms with Crippen LogP contribution >= 0.6 is 0 Å². The van der Waals surface area contributed by atoms with Gasteiger partial charge in [-0.2, -0.15) is 5.10 Å². The Morgan fingerprint density at radius 3 is 2.69 bits per heavy atom. The largest absolute Gasteiger partial charge is 0.348 e. The van der Waals surface area contributed by atoms with Crippen LogP contribution in [0.25, 0.3) is 16.6 Å². The summed E-state index contributed by atoms with van der Waals surface area (Å²) in [5, 5.41) is 7.88. The summed E-state index contributed by atoms with van der Waals surface area (Å²) in [6.45, 7) is 0.290. The van der Waals surface area contributed by atoms with E-state index in [-0.39, 0.29) is 12.1 Å². The Morgan fingerprint density at radius 1 is 1.08 bits per heavy atom. The monoisotopic (exact) mass is 344 g/mol. The molecule has 0 bridgehead atoms. The number of benzene rings is 2. The van der Waals surface area contributed by atoms with E-state index in [4.69, 9.17) is 0 Å². The Bertz CT molecular complexity index is 1130. The molecular weight excluding hydrogens is 328 g/mol. The lowest BCUT2D eigenvalue weighted by Gasteiger charge is -2.05. The van der Waals surface area contributed by atoms with E-state index in [1.165, 1.54) is 0 Å². The molecule has 26 heavy (non-hydrogen) atoms. The third kappa shape index (κ3) is 3.12. The van der Waals surface area contributed by atoms with Gasteiger partial charge in [-0.1, -0.05) is 36.4 Å². The van der Waals surface area contributed by atoms with Crippen LogP contribution in [0.3, 0.4) is 0 Å². The molecule has 1 amide bonds. The highest BCUT2D eigenvalue weighted by atomic mass is 16.2. The van der Waals surface area contributed by atoms with Crippen molar-refractivity contribution in [3.63, 3.8) is 0 Å². The van der Waals surface area contributed by atoms with Crippen molar-refractivity contribution in [2.24, 2.45) is 0 Å². The first kappa shape index (κ1) is 15.8.